The fraction of sp³-hybridized carbons (Fsp3) is 0.388. The van der Waals surface area contributed by atoms with Gasteiger partial charge in [-0.05, 0) is 137 Å². The van der Waals surface area contributed by atoms with E-state index in [1.54, 1.807) is 40.2 Å². The van der Waals surface area contributed by atoms with Gasteiger partial charge in [-0.15, -0.1) is 0 Å². The van der Waals surface area contributed by atoms with Crippen LogP contribution in [0.5, 0.6) is 11.5 Å². The Morgan fingerprint density at radius 1 is 0.644 bits per heavy atom. The summed E-state index contributed by atoms with van der Waals surface area (Å²) in [5.74, 6) is 0.327. The van der Waals surface area contributed by atoms with Crippen molar-refractivity contribution in [1.29, 1.82) is 0 Å². The zero-order valence-electron chi connectivity index (χ0n) is 36.8. The van der Waals surface area contributed by atoms with Crippen molar-refractivity contribution in [2.75, 3.05) is 27.9 Å². The standard InChI is InChI=1S/C49H62O10/c1-29(20-22-39-33(5)26-41(54-11)37(9)35(39)7)16-14-18-31(3)24-44(50)57-28-43-46(52)47(53)48(49(56-13)58-43)59-45(51)25-32(4)19-15-17-30(2)21-23-40-34(6)27-42(55-12)38(10)36(40)8/h14-27,43,46-49,52-53H,28H2,1-13H3/t43-,46-,47+,48-,49+/m1/s1. The molecular weight excluding hydrogens is 749 g/mol. The van der Waals surface area contributed by atoms with Gasteiger partial charge in [0, 0.05) is 19.3 Å². The summed E-state index contributed by atoms with van der Waals surface area (Å²) in [6, 6.07) is 4.07. The van der Waals surface area contributed by atoms with Crippen LogP contribution in [0, 0.1) is 41.5 Å². The number of ether oxygens (including phenoxy) is 6. The van der Waals surface area contributed by atoms with Gasteiger partial charge in [-0.1, -0.05) is 71.9 Å². The van der Waals surface area contributed by atoms with Crippen molar-refractivity contribution in [1.82, 2.24) is 0 Å². The lowest BCUT2D eigenvalue weighted by Crippen LogP contribution is -2.60. The molecule has 0 unspecified atom stereocenters. The zero-order valence-corrected chi connectivity index (χ0v) is 36.8. The molecule has 2 N–H and O–H groups in total. The number of hydrogen-bond donors (Lipinski definition) is 2. The molecule has 10 nitrogen and oxygen atoms in total. The minimum absolute atomic E-state index is 0.372. The van der Waals surface area contributed by atoms with Crippen LogP contribution in [0.25, 0.3) is 12.2 Å². The van der Waals surface area contributed by atoms with Gasteiger partial charge in [0.15, 0.2) is 12.4 Å². The van der Waals surface area contributed by atoms with Crippen molar-refractivity contribution < 1.29 is 48.2 Å². The minimum atomic E-state index is -1.57. The fourth-order valence-electron chi connectivity index (χ4n) is 6.51. The highest BCUT2D eigenvalue weighted by Crippen LogP contribution is 2.30. The summed E-state index contributed by atoms with van der Waals surface area (Å²) < 4.78 is 32.8. The molecule has 0 saturated carbocycles. The lowest BCUT2D eigenvalue weighted by molar-refractivity contribution is -0.297. The summed E-state index contributed by atoms with van der Waals surface area (Å²) in [7, 11) is 4.66. The molecule has 3 rings (SSSR count). The maximum atomic E-state index is 12.8. The van der Waals surface area contributed by atoms with Crippen molar-refractivity contribution >= 4 is 24.1 Å². The van der Waals surface area contributed by atoms with E-state index in [0.717, 1.165) is 67.2 Å². The van der Waals surface area contributed by atoms with E-state index in [2.05, 4.69) is 39.8 Å². The van der Waals surface area contributed by atoms with E-state index in [0.29, 0.717) is 11.1 Å². The highest BCUT2D eigenvalue weighted by molar-refractivity contribution is 5.84. The normalized spacial score (nSPS) is 21.0. The van der Waals surface area contributed by atoms with Crippen LogP contribution in [0.4, 0.5) is 0 Å². The van der Waals surface area contributed by atoms with Crippen LogP contribution >= 0.6 is 0 Å². The number of hydrogen-bond acceptors (Lipinski definition) is 10. The molecule has 318 valence electrons. The van der Waals surface area contributed by atoms with Crippen LogP contribution < -0.4 is 9.47 Å². The van der Waals surface area contributed by atoms with E-state index in [4.69, 9.17) is 28.4 Å². The number of benzene rings is 2. The van der Waals surface area contributed by atoms with E-state index >= 15 is 0 Å². The summed E-state index contributed by atoms with van der Waals surface area (Å²) in [5, 5.41) is 21.7. The Morgan fingerprint density at radius 2 is 1.10 bits per heavy atom. The Labute approximate surface area is 350 Å². The Bertz CT molecular complexity index is 2070. The van der Waals surface area contributed by atoms with Gasteiger partial charge in [0.2, 0.25) is 0 Å². The van der Waals surface area contributed by atoms with Crippen LogP contribution in [0.1, 0.15) is 72.2 Å². The third-order valence-corrected chi connectivity index (χ3v) is 10.3. The third-order valence-electron chi connectivity index (χ3n) is 10.3. The predicted octanol–water partition coefficient (Wildman–Crippen LogP) is 8.73. The first kappa shape index (κ1) is 48.1. The van der Waals surface area contributed by atoms with Crippen LogP contribution in [-0.4, -0.2) is 80.8 Å². The largest absolute Gasteiger partial charge is 0.496 e. The van der Waals surface area contributed by atoms with Crippen molar-refractivity contribution in [2.45, 2.75) is 99.9 Å². The molecule has 1 aliphatic rings. The quantitative estimate of drug-likeness (QED) is 0.0965. The highest BCUT2D eigenvalue weighted by Gasteiger charge is 2.47. The third kappa shape index (κ3) is 13.6. The first-order valence-corrected chi connectivity index (χ1v) is 19.6. The van der Waals surface area contributed by atoms with E-state index in [1.165, 1.54) is 19.3 Å². The molecule has 59 heavy (non-hydrogen) atoms. The van der Waals surface area contributed by atoms with E-state index in [9.17, 15) is 19.8 Å². The Hall–Kier alpha value is -5.26. The maximum absolute atomic E-state index is 12.8. The van der Waals surface area contributed by atoms with E-state index < -0.39 is 42.6 Å². The SMILES string of the molecule is COc1cc(C)c(C=CC(C)=CC=CC(C)=CC(=O)OC[C@H]2O[C@H](OC)[C@H](OC(=O)C=C(C)C=CC=C(C)C=Cc3c(C)cc(OC)c(C)c3C)[C@@H](O)[C@@H]2O)c(C)c1C. The van der Waals surface area contributed by atoms with Gasteiger partial charge in [0.1, 0.15) is 36.4 Å². The number of methoxy groups -OCH3 is 3. The minimum Gasteiger partial charge on any atom is -0.496 e. The molecule has 5 atom stereocenters. The topological polar surface area (TPSA) is 130 Å². The second-order valence-corrected chi connectivity index (χ2v) is 14.9. The molecule has 2 aromatic rings. The van der Waals surface area contributed by atoms with Crippen molar-refractivity contribution in [3.63, 3.8) is 0 Å². The monoisotopic (exact) mass is 810 g/mol. The van der Waals surface area contributed by atoms with Crippen molar-refractivity contribution in [3.05, 3.63) is 140 Å². The molecule has 1 heterocycles. The van der Waals surface area contributed by atoms with Gasteiger partial charge in [0.05, 0.1) is 14.2 Å². The number of aliphatic hydroxyl groups is 2. The summed E-state index contributed by atoms with van der Waals surface area (Å²) in [4.78, 5) is 25.4. The molecule has 0 amide bonds. The van der Waals surface area contributed by atoms with E-state index in [1.807, 2.05) is 76.3 Å². The summed E-state index contributed by atoms with van der Waals surface area (Å²) >= 11 is 0. The number of esters is 2. The van der Waals surface area contributed by atoms with Crippen molar-refractivity contribution in [3.8, 4) is 11.5 Å². The smallest absolute Gasteiger partial charge is 0.331 e. The molecule has 1 aliphatic heterocycles. The van der Waals surface area contributed by atoms with E-state index in [-0.39, 0.29) is 6.61 Å². The highest BCUT2D eigenvalue weighted by atomic mass is 16.7. The van der Waals surface area contributed by atoms with Crippen LogP contribution in [0.3, 0.4) is 0 Å². The maximum Gasteiger partial charge on any atom is 0.331 e. The van der Waals surface area contributed by atoms with Crippen LogP contribution in [-0.2, 0) is 28.5 Å². The summed E-state index contributed by atoms with van der Waals surface area (Å²) in [6.45, 7) is 19.4. The summed E-state index contributed by atoms with van der Waals surface area (Å²) in [6.07, 6.45) is 15.0. The molecule has 10 heteroatoms. The van der Waals surface area contributed by atoms with Gasteiger partial charge < -0.3 is 38.6 Å². The first-order valence-electron chi connectivity index (χ1n) is 19.6. The average Bonchev–Trinajstić information content (AvgIpc) is 3.18. The molecule has 1 fully saturated rings. The van der Waals surface area contributed by atoms with Crippen molar-refractivity contribution in [2.24, 2.45) is 0 Å². The lowest BCUT2D eigenvalue weighted by Gasteiger charge is -2.40. The Balaban J connectivity index is 1.54. The zero-order chi connectivity index (χ0) is 44.0. The van der Waals surface area contributed by atoms with Gasteiger partial charge in [-0.3, -0.25) is 0 Å². The second-order valence-electron chi connectivity index (χ2n) is 14.9. The number of aliphatic hydroxyl groups excluding tert-OH is 2. The predicted molar refractivity (Wildman–Crippen MR) is 234 cm³/mol. The molecular formula is C49H62O10. The summed E-state index contributed by atoms with van der Waals surface area (Å²) in [5.41, 5.74) is 12.3. The first-order chi connectivity index (χ1) is 27.9. The second kappa shape index (κ2) is 22.8. The van der Waals surface area contributed by atoms with Gasteiger partial charge in [0.25, 0.3) is 0 Å². The van der Waals surface area contributed by atoms with Gasteiger partial charge in [-0.25, -0.2) is 9.59 Å². The number of allylic oxidation sites excluding steroid dienone is 12. The molecule has 0 aliphatic carbocycles. The number of carbonyl (C=O) groups excluding carboxylic acids is 2. The lowest BCUT2D eigenvalue weighted by atomic mass is 9.96. The number of carbonyl (C=O) groups is 2. The van der Waals surface area contributed by atoms with Crippen LogP contribution in [0.2, 0.25) is 0 Å². The molecule has 0 radical (unpaired) electrons. The van der Waals surface area contributed by atoms with Gasteiger partial charge >= 0.3 is 11.9 Å². The molecule has 1 saturated heterocycles. The Kier molecular flexibility index (Phi) is 18.6. The molecule has 0 bridgehead atoms. The molecule has 0 aromatic heterocycles. The Morgan fingerprint density at radius 3 is 1.54 bits per heavy atom. The average molecular weight is 811 g/mol. The number of rotatable bonds is 16. The van der Waals surface area contributed by atoms with Crippen LogP contribution in [0.15, 0.2) is 95.2 Å². The fourth-order valence-corrected chi connectivity index (χ4v) is 6.51. The van der Waals surface area contributed by atoms with Gasteiger partial charge in [-0.2, -0.15) is 0 Å². The molecule has 2 aromatic carbocycles. The molecule has 0 spiro atoms. The number of aryl methyl sites for hydroxylation is 2.